The summed E-state index contributed by atoms with van der Waals surface area (Å²) >= 11 is 0. The number of methoxy groups -OCH3 is 2. The maximum Gasteiger partial charge on any atom is 0.252 e. The lowest BCUT2D eigenvalue weighted by molar-refractivity contribution is 0.0953. The van der Waals surface area contributed by atoms with Gasteiger partial charge in [0.15, 0.2) is 0 Å². The molecule has 22 heavy (non-hydrogen) atoms. The van der Waals surface area contributed by atoms with Gasteiger partial charge in [-0.1, -0.05) is 17.7 Å². The molecule has 1 aromatic heterocycles. The Bertz CT molecular complexity index is 639. The number of aryl methyl sites for hydroxylation is 1. The van der Waals surface area contributed by atoms with Crippen LogP contribution in [0.25, 0.3) is 0 Å². The van der Waals surface area contributed by atoms with Gasteiger partial charge >= 0.3 is 0 Å². The van der Waals surface area contributed by atoms with E-state index in [2.05, 4.69) is 16.4 Å². The van der Waals surface area contributed by atoms with Gasteiger partial charge in [0, 0.05) is 18.8 Å². The number of nitrogens with one attached hydrogen (secondary N) is 1. The molecule has 0 aliphatic carbocycles. The molecular formula is C17H20N2O3. The van der Waals surface area contributed by atoms with E-state index in [1.54, 1.807) is 19.2 Å². The van der Waals surface area contributed by atoms with Crippen LogP contribution in [0.1, 0.15) is 21.5 Å². The van der Waals surface area contributed by atoms with Gasteiger partial charge in [-0.25, -0.2) is 4.98 Å². The number of hydrogen-bond donors (Lipinski definition) is 1. The van der Waals surface area contributed by atoms with Gasteiger partial charge in [0.25, 0.3) is 5.91 Å². The molecule has 0 spiro atoms. The van der Waals surface area contributed by atoms with Crippen LogP contribution in [0.2, 0.25) is 0 Å². The largest absolute Gasteiger partial charge is 0.496 e. The molecule has 1 aromatic carbocycles. The van der Waals surface area contributed by atoms with Crippen LogP contribution < -0.4 is 14.8 Å². The fourth-order valence-electron chi connectivity index (χ4n) is 2.15. The van der Waals surface area contributed by atoms with Crippen LogP contribution in [0.15, 0.2) is 36.5 Å². The second kappa shape index (κ2) is 7.45. The molecule has 116 valence electrons. The minimum atomic E-state index is -0.151. The summed E-state index contributed by atoms with van der Waals surface area (Å²) in [4.78, 5) is 16.1. The summed E-state index contributed by atoms with van der Waals surface area (Å²) in [6.45, 7) is 2.56. The van der Waals surface area contributed by atoms with Crippen molar-refractivity contribution in [2.45, 2.75) is 13.3 Å². The second-order valence-electron chi connectivity index (χ2n) is 4.91. The average molecular weight is 300 g/mol. The Morgan fingerprint density at radius 1 is 1.18 bits per heavy atom. The summed E-state index contributed by atoms with van der Waals surface area (Å²) in [5.41, 5.74) is 2.76. The first kappa shape index (κ1) is 15.8. The summed E-state index contributed by atoms with van der Waals surface area (Å²) in [6, 6.07) is 9.37. The van der Waals surface area contributed by atoms with Crippen molar-refractivity contribution in [1.82, 2.24) is 10.3 Å². The second-order valence-corrected chi connectivity index (χ2v) is 4.91. The third-order valence-electron chi connectivity index (χ3n) is 3.32. The molecular weight excluding hydrogens is 280 g/mol. The highest BCUT2D eigenvalue weighted by Gasteiger charge is 2.07. The maximum absolute atomic E-state index is 12.0. The van der Waals surface area contributed by atoms with E-state index in [0.717, 1.165) is 11.3 Å². The van der Waals surface area contributed by atoms with Crippen molar-refractivity contribution < 1.29 is 14.3 Å². The van der Waals surface area contributed by atoms with Crippen LogP contribution >= 0.6 is 0 Å². The Morgan fingerprint density at radius 3 is 2.64 bits per heavy atom. The van der Waals surface area contributed by atoms with Crippen molar-refractivity contribution in [3.63, 3.8) is 0 Å². The molecule has 0 aliphatic rings. The summed E-state index contributed by atoms with van der Waals surface area (Å²) in [5.74, 6) is 1.17. The lowest BCUT2D eigenvalue weighted by Crippen LogP contribution is -2.25. The van der Waals surface area contributed by atoms with Crippen molar-refractivity contribution in [3.05, 3.63) is 53.2 Å². The maximum atomic E-state index is 12.0. The van der Waals surface area contributed by atoms with Gasteiger partial charge in [-0.15, -0.1) is 0 Å². The highest BCUT2D eigenvalue weighted by atomic mass is 16.5. The quantitative estimate of drug-likeness (QED) is 0.890. The zero-order chi connectivity index (χ0) is 15.9. The number of hydrogen-bond acceptors (Lipinski definition) is 4. The number of rotatable bonds is 6. The van der Waals surface area contributed by atoms with Gasteiger partial charge in [-0.05, 0) is 31.0 Å². The van der Waals surface area contributed by atoms with E-state index in [-0.39, 0.29) is 5.91 Å². The van der Waals surface area contributed by atoms with Crippen LogP contribution in [-0.2, 0) is 6.42 Å². The van der Waals surface area contributed by atoms with E-state index in [0.29, 0.717) is 24.4 Å². The minimum Gasteiger partial charge on any atom is -0.496 e. The molecule has 2 rings (SSSR count). The standard InChI is InChI=1S/C17H20N2O3/c1-12-4-6-15(21-2)13(10-12)8-9-18-17(20)14-5-7-16(22-3)19-11-14/h4-7,10-11H,8-9H2,1-3H3,(H,18,20). The van der Waals surface area contributed by atoms with E-state index in [1.807, 2.05) is 19.1 Å². The molecule has 0 fully saturated rings. The van der Waals surface area contributed by atoms with Gasteiger partial charge in [0.2, 0.25) is 5.88 Å². The number of carbonyl (C=O) groups excluding carboxylic acids is 1. The van der Waals surface area contributed by atoms with Crippen LogP contribution in [0.3, 0.4) is 0 Å². The number of nitrogens with zero attached hydrogens (tertiary/aromatic N) is 1. The molecule has 0 saturated carbocycles. The molecule has 0 aliphatic heterocycles. The molecule has 0 saturated heterocycles. The van der Waals surface area contributed by atoms with Crippen molar-refractivity contribution in [1.29, 1.82) is 0 Å². The summed E-state index contributed by atoms with van der Waals surface area (Å²) < 4.78 is 10.3. The third kappa shape index (κ3) is 3.97. The minimum absolute atomic E-state index is 0.151. The average Bonchev–Trinajstić information content (AvgIpc) is 2.55. The predicted molar refractivity (Wildman–Crippen MR) is 84.6 cm³/mol. The van der Waals surface area contributed by atoms with Gasteiger partial charge in [0.1, 0.15) is 5.75 Å². The van der Waals surface area contributed by atoms with Crippen molar-refractivity contribution in [2.75, 3.05) is 20.8 Å². The van der Waals surface area contributed by atoms with Crippen LogP contribution in [0.5, 0.6) is 11.6 Å². The topological polar surface area (TPSA) is 60.5 Å². The molecule has 0 unspecified atom stereocenters. The van der Waals surface area contributed by atoms with E-state index < -0.39 is 0 Å². The van der Waals surface area contributed by atoms with Crippen LogP contribution in [0.4, 0.5) is 0 Å². The smallest absolute Gasteiger partial charge is 0.252 e. The molecule has 0 bridgehead atoms. The van der Waals surface area contributed by atoms with E-state index in [9.17, 15) is 4.79 Å². The molecule has 5 heteroatoms. The number of amides is 1. The number of carbonyl (C=O) groups is 1. The summed E-state index contributed by atoms with van der Waals surface area (Å²) in [7, 11) is 3.19. The Labute approximate surface area is 130 Å². The molecule has 0 atom stereocenters. The number of benzene rings is 1. The van der Waals surface area contributed by atoms with E-state index in [1.165, 1.54) is 18.9 Å². The van der Waals surface area contributed by atoms with Crippen LogP contribution in [0, 0.1) is 6.92 Å². The Balaban J connectivity index is 1.92. The van der Waals surface area contributed by atoms with Crippen molar-refractivity contribution >= 4 is 5.91 Å². The first-order chi connectivity index (χ1) is 10.6. The SMILES string of the molecule is COc1ccc(C(=O)NCCc2cc(C)ccc2OC)cn1. The third-order valence-corrected chi connectivity index (χ3v) is 3.32. The first-order valence-electron chi connectivity index (χ1n) is 7.06. The molecule has 5 nitrogen and oxygen atoms in total. The van der Waals surface area contributed by atoms with Gasteiger partial charge in [-0.3, -0.25) is 4.79 Å². The van der Waals surface area contributed by atoms with Crippen LogP contribution in [-0.4, -0.2) is 31.7 Å². The zero-order valence-electron chi connectivity index (χ0n) is 13.1. The first-order valence-corrected chi connectivity index (χ1v) is 7.06. The Morgan fingerprint density at radius 2 is 2.00 bits per heavy atom. The number of aromatic nitrogens is 1. The monoisotopic (exact) mass is 300 g/mol. The van der Waals surface area contributed by atoms with E-state index in [4.69, 9.17) is 9.47 Å². The zero-order valence-corrected chi connectivity index (χ0v) is 13.1. The lowest BCUT2D eigenvalue weighted by Gasteiger charge is -2.10. The van der Waals surface area contributed by atoms with Crippen molar-refractivity contribution in [2.24, 2.45) is 0 Å². The lowest BCUT2D eigenvalue weighted by atomic mass is 10.1. The molecule has 1 amide bonds. The summed E-state index contributed by atoms with van der Waals surface area (Å²) in [5, 5.41) is 2.88. The van der Waals surface area contributed by atoms with Crippen molar-refractivity contribution in [3.8, 4) is 11.6 Å². The van der Waals surface area contributed by atoms with Gasteiger partial charge in [0.05, 0.1) is 19.8 Å². The normalized spacial score (nSPS) is 10.1. The van der Waals surface area contributed by atoms with E-state index >= 15 is 0 Å². The fourth-order valence-corrected chi connectivity index (χ4v) is 2.15. The Kier molecular flexibility index (Phi) is 5.36. The van der Waals surface area contributed by atoms with Gasteiger partial charge in [-0.2, -0.15) is 0 Å². The van der Waals surface area contributed by atoms with Gasteiger partial charge < -0.3 is 14.8 Å². The highest BCUT2D eigenvalue weighted by Crippen LogP contribution is 2.19. The Hall–Kier alpha value is -2.56. The molecule has 1 heterocycles. The molecule has 2 aromatic rings. The summed E-state index contributed by atoms with van der Waals surface area (Å²) in [6.07, 6.45) is 2.21. The fraction of sp³-hybridized carbons (Fsp3) is 0.294. The number of pyridine rings is 1. The highest BCUT2D eigenvalue weighted by molar-refractivity contribution is 5.93. The number of ether oxygens (including phenoxy) is 2. The predicted octanol–water partition coefficient (Wildman–Crippen LogP) is 2.38. The molecule has 1 N–H and O–H groups in total. The molecule has 0 radical (unpaired) electrons.